The molecule has 0 saturated carbocycles. The molecule has 5 N–H and O–H groups in total. The molecule has 0 heterocycles. The number of para-hydroxylation sites is 1. The maximum atomic E-state index is 12.7. The molecular weight excluding hydrogens is 404 g/mol. The van der Waals surface area contributed by atoms with E-state index in [2.05, 4.69) is 5.32 Å². The van der Waals surface area contributed by atoms with Gasteiger partial charge in [0.25, 0.3) is 5.91 Å². The zero-order chi connectivity index (χ0) is 22.5. The van der Waals surface area contributed by atoms with Crippen LogP contribution in [0.25, 0.3) is 0 Å². The Balaban J connectivity index is 1.87. The second-order valence-electron chi connectivity index (χ2n) is 6.31. The lowest BCUT2D eigenvalue weighted by atomic mass is 9.97. The highest BCUT2D eigenvalue weighted by Gasteiger charge is 2.24. The Morgan fingerprint density at radius 2 is 1.23 bits per heavy atom. The van der Waals surface area contributed by atoms with Gasteiger partial charge in [-0.3, -0.25) is 9.59 Å². The van der Waals surface area contributed by atoms with Gasteiger partial charge < -0.3 is 26.0 Å². The lowest BCUT2D eigenvalue weighted by Gasteiger charge is -2.12. The van der Waals surface area contributed by atoms with Crippen molar-refractivity contribution in [3.8, 4) is 11.5 Å². The number of carbonyl (C=O) groups excluding carboxylic acids is 2. The van der Waals surface area contributed by atoms with Gasteiger partial charge in [-0.1, -0.05) is 18.2 Å². The standard InChI is InChI=1S/C22H16N2O7/c23-19(25)15-10-18(22(29)30)16(11-17(15)21(27)28)20(26)24-12-6-8-14(9-7-12)31-13-4-2-1-3-5-13/h1-11H,(H2,23,25)(H,24,26)(H,27,28)(H,29,30). The van der Waals surface area contributed by atoms with E-state index >= 15 is 0 Å². The minimum Gasteiger partial charge on any atom is -0.478 e. The first-order valence-electron chi connectivity index (χ1n) is 8.85. The summed E-state index contributed by atoms with van der Waals surface area (Å²) in [5.74, 6) is -3.90. The molecule has 9 heteroatoms. The normalized spacial score (nSPS) is 10.2. The van der Waals surface area contributed by atoms with Crippen molar-refractivity contribution in [3.63, 3.8) is 0 Å². The first kappa shape index (κ1) is 21.1. The van der Waals surface area contributed by atoms with Crippen molar-refractivity contribution in [2.45, 2.75) is 0 Å². The van der Waals surface area contributed by atoms with E-state index < -0.39 is 46.0 Å². The van der Waals surface area contributed by atoms with Crippen molar-refractivity contribution in [1.29, 1.82) is 0 Å². The number of hydrogen-bond acceptors (Lipinski definition) is 5. The Hall–Kier alpha value is -4.66. The Bertz CT molecular complexity index is 1170. The van der Waals surface area contributed by atoms with Crippen LogP contribution in [0.1, 0.15) is 41.4 Å². The average Bonchev–Trinajstić information content (AvgIpc) is 2.74. The van der Waals surface area contributed by atoms with Crippen LogP contribution in [0, 0.1) is 0 Å². The molecule has 2 amide bonds. The van der Waals surface area contributed by atoms with Crippen LogP contribution in [0.5, 0.6) is 11.5 Å². The summed E-state index contributed by atoms with van der Waals surface area (Å²) in [4.78, 5) is 47.1. The molecule has 3 rings (SSSR count). The van der Waals surface area contributed by atoms with Crippen LogP contribution in [-0.2, 0) is 0 Å². The molecule has 0 aliphatic heterocycles. The molecule has 0 radical (unpaired) electrons. The molecule has 3 aromatic carbocycles. The highest BCUT2D eigenvalue weighted by atomic mass is 16.5. The maximum absolute atomic E-state index is 12.7. The predicted molar refractivity (Wildman–Crippen MR) is 110 cm³/mol. The van der Waals surface area contributed by atoms with Gasteiger partial charge in [0.15, 0.2) is 0 Å². The first-order valence-corrected chi connectivity index (χ1v) is 8.85. The maximum Gasteiger partial charge on any atom is 0.336 e. The summed E-state index contributed by atoms with van der Waals surface area (Å²) in [5, 5.41) is 21.2. The Labute approximate surface area is 175 Å². The van der Waals surface area contributed by atoms with Gasteiger partial charge in [-0.25, -0.2) is 9.59 Å². The van der Waals surface area contributed by atoms with E-state index in [9.17, 15) is 29.4 Å². The molecule has 9 nitrogen and oxygen atoms in total. The number of primary amides is 1. The number of carboxylic acid groups (broad SMARTS) is 2. The smallest absolute Gasteiger partial charge is 0.336 e. The van der Waals surface area contributed by atoms with Crippen molar-refractivity contribution in [2.75, 3.05) is 5.32 Å². The Morgan fingerprint density at radius 1 is 0.710 bits per heavy atom. The van der Waals surface area contributed by atoms with Crippen LogP contribution in [0.15, 0.2) is 66.7 Å². The lowest BCUT2D eigenvalue weighted by molar-refractivity contribution is 0.0677. The molecule has 3 aromatic rings. The van der Waals surface area contributed by atoms with E-state index in [1.807, 2.05) is 18.2 Å². The number of carbonyl (C=O) groups is 4. The molecule has 0 bridgehead atoms. The number of aromatic carboxylic acids is 2. The van der Waals surface area contributed by atoms with Crippen molar-refractivity contribution in [3.05, 3.63) is 89.0 Å². The number of amides is 2. The van der Waals surface area contributed by atoms with E-state index in [1.54, 1.807) is 24.3 Å². The fourth-order valence-corrected chi connectivity index (χ4v) is 2.77. The number of benzene rings is 3. The fraction of sp³-hybridized carbons (Fsp3) is 0. The number of anilines is 1. The second-order valence-corrected chi connectivity index (χ2v) is 6.31. The number of rotatable bonds is 7. The third kappa shape index (κ3) is 4.85. The molecule has 0 aromatic heterocycles. The molecule has 0 fully saturated rings. The topological polar surface area (TPSA) is 156 Å². The molecule has 0 saturated heterocycles. The summed E-state index contributed by atoms with van der Waals surface area (Å²) >= 11 is 0. The summed E-state index contributed by atoms with van der Waals surface area (Å²) in [6.45, 7) is 0. The van der Waals surface area contributed by atoms with E-state index in [-0.39, 0.29) is 0 Å². The highest BCUT2D eigenvalue weighted by molar-refractivity contribution is 6.14. The monoisotopic (exact) mass is 420 g/mol. The quantitative estimate of drug-likeness (QED) is 0.457. The number of nitrogens with two attached hydrogens (primary N) is 1. The predicted octanol–water partition coefficient (Wildman–Crippen LogP) is 3.23. The number of nitrogens with one attached hydrogen (secondary N) is 1. The van der Waals surface area contributed by atoms with Crippen molar-refractivity contribution in [1.82, 2.24) is 0 Å². The van der Waals surface area contributed by atoms with Gasteiger partial charge in [-0.2, -0.15) is 0 Å². The summed E-state index contributed by atoms with van der Waals surface area (Å²) in [5.41, 5.74) is 3.38. The Kier molecular flexibility index (Phi) is 5.97. The largest absolute Gasteiger partial charge is 0.478 e. The third-order valence-electron chi connectivity index (χ3n) is 4.22. The summed E-state index contributed by atoms with van der Waals surface area (Å²) in [7, 11) is 0. The molecule has 156 valence electrons. The Morgan fingerprint density at radius 3 is 1.77 bits per heavy atom. The lowest BCUT2D eigenvalue weighted by Crippen LogP contribution is -2.22. The second kappa shape index (κ2) is 8.78. The number of carboxylic acids is 2. The molecule has 31 heavy (non-hydrogen) atoms. The van der Waals surface area contributed by atoms with Crippen LogP contribution in [0.2, 0.25) is 0 Å². The SMILES string of the molecule is NC(=O)c1cc(C(=O)O)c(C(=O)Nc2ccc(Oc3ccccc3)cc2)cc1C(=O)O. The van der Waals surface area contributed by atoms with Gasteiger partial charge in [0.1, 0.15) is 11.5 Å². The third-order valence-corrected chi connectivity index (χ3v) is 4.22. The van der Waals surface area contributed by atoms with Gasteiger partial charge in [-0.15, -0.1) is 0 Å². The van der Waals surface area contributed by atoms with Crippen LogP contribution in [-0.4, -0.2) is 34.0 Å². The minimum absolute atomic E-state index is 0.317. The van der Waals surface area contributed by atoms with Crippen LogP contribution in [0.4, 0.5) is 5.69 Å². The van der Waals surface area contributed by atoms with Gasteiger partial charge in [-0.05, 0) is 48.5 Å². The van der Waals surface area contributed by atoms with E-state index in [1.165, 1.54) is 12.1 Å². The van der Waals surface area contributed by atoms with Gasteiger partial charge in [0.05, 0.1) is 22.3 Å². The average molecular weight is 420 g/mol. The highest BCUT2D eigenvalue weighted by Crippen LogP contribution is 2.24. The van der Waals surface area contributed by atoms with Gasteiger partial charge >= 0.3 is 11.9 Å². The summed E-state index contributed by atoms with van der Waals surface area (Å²) in [6.07, 6.45) is 0. The molecular formula is C22H16N2O7. The molecule has 0 unspecified atom stereocenters. The van der Waals surface area contributed by atoms with Crippen molar-refractivity contribution >= 4 is 29.4 Å². The zero-order valence-electron chi connectivity index (χ0n) is 15.9. The van der Waals surface area contributed by atoms with E-state index in [0.717, 1.165) is 12.1 Å². The number of hydrogen-bond donors (Lipinski definition) is 4. The molecule has 0 aliphatic carbocycles. The summed E-state index contributed by atoms with van der Waals surface area (Å²) < 4.78 is 5.65. The number of ether oxygens (including phenoxy) is 1. The van der Waals surface area contributed by atoms with Crippen LogP contribution in [0.3, 0.4) is 0 Å². The van der Waals surface area contributed by atoms with Crippen molar-refractivity contribution in [2.24, 2.45) is 5.73 Å². The van der Waals surface area contributed by atoms with E-state index in [0.29, 0.717) is 17.2 Å². The van der Waals surface area contributed by atoms with Crippen molar-refractivity contribution < 1.29 is 34.1 Å². The fourth-order valence-electron chi connectivity index (χ4n) is 2.77. The molecule has 0 aliphatic rings. The van der Waals surface area contributed by atoms with E-state index in [4.69, 9.17) is 10.5 Å². The molecule has 0 atom stereocenters. The first-order chi connectivity index (χ1) is 14.8. The van der Waals surface area contributed by atoms with Gasteiger partial charge in [0.2, 0.25) is 5.91 Å². The minimum atomic E-state index is -1.53. The van der Waals surface area contributed by atoms with Gasteiger partial charge in [0, 0.05) is 5.69 Å². The zero-order valence-corrected chi connectivity index (χ0v) is 15.9. The summed E-state index contributed by atoms with van der Waals surface area (Å²) in [6, 6.07) is 16.9. The molecule has 0 spiro atoms. The van der Waals surface area contributed by atoms with Crippen LogP contribution < -0.4 is 15.8 Å². The van der Waals surface area contributed by atoms with Crippen LogP contribution >= 0.6 is 0 Å².